The number of benzene rings is 1. The summed E-state index contributed by atoms with van der Waals surface area (Å²) in [5.74, 6) is 1.24. The number of anilines is 1. The van der Waals surface area contributed by atoms with E-state index < -0.39 is 0 Å². The van der Waals surface area contributed by atoms with E-state index in [1.165, 1.54) is 0 Å². The zero-order valence-electron chi connectivity index (χ0n) is 12.3. The van der Waals surface area contributed by atoms with E-state index in [4.69, 9.17) is 9.47 Å². The van der Waals surface area contributed by atoms with Crippen LogP contribution in [-0.2, 0) is 9.59 Å². The Hall–Kier alpha value is -2.24. The summed E-state index contributed by atoms with van der Waals surface area (Å²) in [4.78, 5) is 28.3. The van der Waals surface area contributed by atoms with Crippen LogP contribution >= 0.6 is 0 Å². The summed E-state index contributed by atoms with van der Waals surface area (Å²) in [6.07, 6.45) is 2.43. The van der Waals surface area contributed by atoms with Crippen molar-refractivity contribution in [3.63, 3.8) is 0 Å². The Labute approximate surface area is 128 Å². The van der Waals surface area contributed by atoms with Crippen molar-refractivity contribution < 1.29 is 19.1 Å². The van der Waals surface area contributed by atoms with Crippen LogP contribution in [0.4, 0.5) is 5.69 Å². The number of carbonyl (C=O) groups is 2. The molecule has 6 heteroatoms. The van der Waals surface area contributed by atoms with Crippen LogP contribution < -0.4 is 14.4 Å². The summed E-state index contributed by atoms with van der Waals surface area (Å²) in [5.41, 5.74) is 0.769. The highest BCUT2D eigenvalue weighted by Crippen LogP contribution is 2.37. The Morgan fingerprint density at radius 3 is 2.73 bits per heavy atom. The highest BCUT2D eigenvalue weighted by molar-refractivity contribution is 6.00. The van der Waals surface area contributed by atoms with Crippen molar-refractivity contribution in [1.29, 1.82) is 0 Å². The zero-order valence-corrected chi connectivity index (χ0v) is 12.3. The van der Waals surface area contributed by atoms with Crippen LogP contribution in [0.3, 0.4) is 0 Å². The molecule has 2 amide bonds. The molecule has 6 nitrogen and oxygen atoms in total. The molecule has 3 heterocycles. The van der Waals surface area contributed by atoms with E-state index in [0.717, 1.165) is 31.6 Å². The first-order chi connectivity index (χ1) is 10.7. The van der Waals surface area contributed by atoms with Gasteiger partial charge in [-0.05, 0) is 25.0 Å². The summed E-state index contributed by atoms with van der Waals surface area (Å²) >= 11 is 0. The number of carbonyl (C=O) groups excluding carboxylic acids is 2. The van der Waals surface area contributed by atoms with E-state index in [2.05, 4.69) is 0 Å². The smallest absolute Gasteiger partial charge is 0.231 e. The van der Waals surface area contributed by atoms with E-state index in [9.17, 15) is 9.59 Å². The largest absolute Gasteiger partial charge is 0.454 e. The maximum Gasteiger partial charge on any atom is 0.231 e. The minimum atomic E-state index is -0.226. The summed E-state index contributed by atoms with van der Waals surface area (Å²) in [7, 11) is 0. The Kier molecular flexibility index (Phi) is 3.17. The lowest BCUT2D eigenvalue weighted by molar-refractivity contribution is -0.134. The molecule has 0 saturated carbocycles. The fourth-order valence-corrected chi connectivity index (χ4v) is 3.37. The molecule has 0 aliphatic carbocycles. The van der Waals surface area contributed by atoms with Crippen molar-refractivity contribution in [3.05, 3.63) is 18.2 Å². The third-order valence-corrected chi connectivity index (χ3v) is 4.56. The van der Waals surface area contributed by atoms with E-state index in [-0.39, 0.29) is 24.5 Å². The monoisotopic (exact) mass is 302 g/mol. The van der Waals surface area contributed by atoms with Crippen molar-refractivity contribution in [2.45, 2.75) is 19.3 Å². The molecule has 3 aliphatic rings. The summed E-state index contributed by atoms with van der Waals surface area (Å²) in [6.45, 7) is 2.32. The third-order valence-electron chi connectivity index (χ3n) is 4.56. The Morgan fingerprint density at radius 1 is 1.14 bits per heavy atom. The van der Waals surface area contributed by atoms with E-state index >= 15 is 0 Å². The van der Waals surface area contributed by atoms with Crippen molar-refractivity contribution >= 4 is 17.5 Å². The van der Waals surface area contributed by atoms with E-state index in [1.54, 1.807) is 11.0 Å². The molecule has 0 bridgehead atoms. The summed E-state index contributed by atoms with van der Waals surface area (Å²) < 4.78 is 10.6. The van der Waals surface area contributed by atoms with E-state index in [0.29, 0.717) is 24.5 Å². The van der Waals surface area contributed by atoms with Crippen LogP contribution in [0.2, 0.25) is 0 Å². The predicted molar refractivity (Wildman–Crippen MR) is 78.8 cm³/mol. The molecule has 2 saturated heterocycles. The summed E-state index contributed by atoms with van der Waals surface area (Å²) in [5, 5.41) is 0. The highest BCUT2D eigenvalue weighted by Gasteiger charge is 2.38. The maximum atomic E-state index is 12.5. The van der Waals surface area contributed by atoms with Gasteiger partial charge in [-0.15, -0.1) is 0 Å². The fraction of sp³-hybridized carbons (Fsp3) is 0.500. The van der Waals surface area contributed by atoms with Crippen molar-refractivity contribution in [3.8, 4) is 11.5 Å². The van der Waals surface area contributed by atoms with Gasteiger partial charge < -0.3 is 19.3 Å². The first-order valence-electron chi connectivity index (χ1n) is 7.71. The van der Waals surface area contributed by atoms with Crippen molar-refractivity contribution in [1.82, 2.24) is 4.90 Å². The number of fused-ring (bicyclic) bond motifs is 1. The molecular formula is C16H18N2O4. The fourth-order valence-electron chi connectivity index (χ4n) is 3.37. The minimum Gasteiger partial charge on any atom is -0.454 e. The molecule has 1 aromatic carbocycles. The van der Waals surface area contributed by atoms with Gasteiger partial charge in [0.1, 0.15) is 0 Å². The molecule has 2 fully saturated rings. The number of hydrogen-bond donors (Lipinski definition) is 0. The number of amides is 2. The lowest BCUT2D eigenvalue weighted by atomic mass is 10.1. The maximum absolute atomic E-state index is 12.5. The highest BCUT2D eigenvalue weighted by atomic mass is 16.7. The normalized spacial score (nSPS) is 23.5. The van der Waals surface area contributed by atoms with Gasteiger partial charge >= 0.3 is 0 Å². The molecule has 1 unspecified atom stereocenters. The predicted octanol–water partition coefficient (Wildman–Crippen LogP) is 1.39. The second kappa shape index (κ2) is 5.19. The lowest BCUT2D eigenvalue weighted by Gasteiger charge is -2.20. The van der Waals surface area contributed by atoms with Crippen LogP contribution in [0, 0.1) is 5.92 Å². The Bertz CT molecular complexity index is 625. The zero-order chi connectivity index (χ0) is 15.1. The summed E-state index contributed by atoms with van der Waals surface area (Å²) in [6, 6.07) is 5.46. The molecule has 0 spiro atoms. The molecule has 22 heavy (non-hydrogen) atoms. The van der Waals surface area contributed by atoms with Crippen LogP contribution in [0.25, 0.3) is 0 Å². The number of likely N-dealkylation sites (tertiary alicyclic amines) is 1. The second-order valence-corrected chi connectivity index (χ2v) is 5.98. The van der Waals surface area contributed by atoms with Crippen molar-refractivity contribution in [2.75, 3.05) is 31.3 Å². The van der Waals surface area contributed by atoms with Gasteiger partial charge in [0, 0.05) is 37.8 Å². The quantitative estimate of drug-likeness (QED) is 0.828. The molecule has 1 atom stereocenters. The topological polar surface area (TPSA) is 59.1 Å². The average Bonchev–Trinajstić information content (AvgIpc) is 3.26. The van der Waals surface area contributed by atoms with Crippen LogP contribution in [0.15, 0.2) is 18.2 Å². The molecule has 0 N–H and O–H groups in total. The van der Waals surface area contributed by atoms with Gasteiger partial charge in [0.05, 0.1) is 5.92 Å². The Morgan fingerprint density at radius 2 is 1.91 bits per heavy atom. The lowest BCUT2D eigenvalue weighted by Crippen LogP contribution is -2.35. The number of ether oxygens (including phenoxy) is 2. The molecule has 116 valence electrons. The van der Waals surface area contributed by atoms with Crippen LogP contribution in [0.5, 0.6) is 11.5 Å². The molecule has 1 aromatic rings. The van der Waals surface area contributed by atoms with Gasteiger partial charge in [-0.3, -0.25) is 9.59 Å². The van der Waals surface area contributed by atoms with Crippen LogP contribution in [-0.4, -0.2) is 43.1 Å². The standard InChI is InChI=1S/C16H18N2O4/c19-15-7-11(16(20)17-5-1-2-6-17)9-18(15)12-3-4-13-14(8-12)22-10-21-13/h3-4,8,11H,1-2,5-7,9-10H2. The number of nitrogens with zero attached hydrogens (tertiary/aromatic N) is 2. The first kappa shape index (κ1) is 13.4. The average molecular weight is 302 g/mol. The van der Waals surface area contributed by atoms with Gasteiger partial charge in [-0.25, -0.2) is 0 Å². The molecule has 4 rings (SSSR count). The molecule has 0 radical (unpaired) electrons. The first-order valence-corrected chi connectivity index (χ1v) is 7.71. The van der Waals surface area contributed by atoms with Crippen LogP contribution in [0.1, 0.15) is 19.3 Å². The SMILES string of the molecule is O=C(C1CC(=O)N(c2ccc3c(c2)OCO3)C1)N1CCCC1. The second-order valence-electron chi connectivity index (χ2n) is 5.98. The molecule has 0 aromatic heterocycles. The van der Waals surface area contributed by atoms with Crippen molar-refractivity contribution in [2.24, 2.45) is 5.92 Å². The minimum absolute atomic E-state index is 0.00332. The van der Waals surface area contributed by atoms with E-state index in [1.807, 2.05) is 17.0 Å². The number of rotatable bonds is 2. The Balaban J connectivity index is 1.51. The van der Waals surface area contributed by atoms with Gasteiger partial charge in [-0.2, -0.15) is 0 Å². The molecule has 3 aliphatic heterocycles. The van der Waals surface area contributed by atoms with Gasteiger partial charge in [0.15, 0.2) is 11.5 Å². The van der Waals surface area contributed by atoms with Gasteiger partial charge in [0.25, 0.3) is 0 Å². The molecular weight excluding hydrogens is 284 g/mol. The number of hydrogen-bond acceptors (Lipinski definition) is 4. The van der Waals surface area contributed by atoms with Gasteiger partial charge in [-0.1, -0.05) is 0 Å². The van der Waals surface area contributed by atoms with Gasteiger partial charge in [0.2, 0.25) is 18.6 Å². The third kappa shape index (κ3) is 2.19.